The molecule has 0 spiro atoms. The highest BCUT2D eigenvalue weighted by Crippen LogP contribution is 2.30. The summed E-state index contributed by atoms with van der Waals surface area (Å²) < 4.78 is 0. The number of aromatic nitrogens is 1. The van der Waals surface area contributed by atoms with E-state index in [9.17, 15) is 0 Å². The maximum atomic E-state index is 7.80. The first-order valence-corrected chi connectivity index (χ1v) is 6.65. The lowest BCUT2D eigenvalue weighted by atomic mass is 9.97. The third kappa shape index (κ3) is 2.31. The van der Waals surface area contributed by atoms with Crippen LogP contribution in [0.25, 0.3) is 21.9 Å². The van der Waals surface area contributed by atoms with Gasteiger partial charge in [-0.25, -0.2) is 0 Å². The number of pyridine rings is 1. The molecule has 0 saturated heterocycles. The van der Waals surface area contributed by atoms with Crippen molar-refractivity contribution < 1.29 is 0 Å². The zero-order valence-electron chi connectivity index (χ0n) is 11.7. The van der Waals surface area contributed by atoms with E-state index in [2.05, 4.69) is 11.1 Å². The fraction of sp³-hybridized carbons (Fsp3) is 0.0588. The molecule has 0 bridgehead atoms. The van der Waals surface area contributed by atoms with Gasteiger partial charge in [-0.3, -0.25) is 4.98 Å². The zero-order chi connectivity index (χ0) is 15.0. The van der Waals surface area contributed by atoms with Crippen molar-refractivity contribution >= 4 is 27.9 Å². The molecule has 104 valence electrons. The standard InChI is InChI=1S/C17H16N4/c1-10(18)14-7-11(2-3-16(14)19)13-6-12-4-5-21-9-15(12)17(20)8-13/h2-9,18H,19-20H2,1H3. The molecule has 0 fully saturated rings. The van der Waals surface area contributed by atoms with Crippen LogP contribution in [0.5, 0.6) is 0 Å². The van der Waals surface area contributed by atoms with Crippen LogP contribution >= 0.6 is 0 Å². The summed E-state index contributed by atoms with van der Waals surface area (Å²) in [4.78, 5) is 4.10. The van der Waals surface area contributed by atoms with Crippen molar-refractivity contribution in [3.05, 3.63) is 54.4 Å². The molecule has 1 heterocycles. The van der Waals surface area contributed by atoms with Crippen molar-refractivity contribution in [1.82, 2.24) is 4.98 Å². The van der Waals surface area contributed by atoms with Crippen LogP contribution in [-0.4, -0.2) is 10.7 Å². The first-order chi connectivity index (χ1) is 10.1. The van der Waals surface area contributed by atoms with Gasteiger partial charge >= 0.3 is 0 Å². The number of nitrogens with one attached hydrogen (secondary N) is 1. The number of anilines is 2. The summed E-state index contributed by atoms with van der Waals surface area (Å²) in [5.74, 6) is 0. The number of nitrogens with zero attached hydrogens (tertiary/aromatic N) is 1. The average Bonchev–Trinajstić information content (AvgIpc) is 2.47. The van der Waals surface area contributed by atoms with Crippen molar-refractivity contribution in [3.8, 4) is 11.1 Å². The Hall–Kier alpha value is -2.88. The van der Waals surface area contributed by atoms with Crippen LogP contribution in [0, 0.1) is 5.41 Å². The van der Waals surface area contributed by atoms with E-state index >= 15 is 0 Å². The molecule has 5 N–H and O–H groups in total. The molecule has 0 radical (unpaired) electrons. The van der Waals surface area contributed by atoms with Gasteiger partial charge in [-0.05, 0) is 53.8 Å². The van der Waals surface area contributed by atoms with Gasteiger partial charge < -0.3 is 16.9 Å². The average molecular weight is 276 g/mol. The van der Waals surface area contributed by atoms with E-state index in [1.54, 1.807) is 19.3 Å². The SMILES string of the molecule is CC(=N)c1cc(-c2cc(N)c3cnccc3c2)ccc1N. The Labute approximate surface area is 122 Å². The van der Waals surface area contributed by atoms with E-state index in [4.69, 9.17) is 16.9 Å². The molecule has 3 aromatic rings. The number of benzene rings is 2. The second-order valence-electron chi connectivity index (χ2n) is 5.09. The maximum absolute atomic E-state index is 7.80. The van der Waals surface area contributed by atoms with E-state index in [-0.39, 0.29) is 0 Å². The van der Waals surface area contributed by atoms with Gasteiger partial charge in [0.25, 0.3) is 0 Å². The third-order valence-electron chi connectivity index (χ3n) is 3.58. The van der Waals surface area contributed by atoms with Crippen LogP contribution in [0.15, 0.2) is 48.8 Å². The molecular weight excluding hydrogens is 260 g/mol. The summed E-state index contributed by atoms with van der Waals surface area (Å²) in [6, 6.07) is 11.6. The molecule has 1 aromatic heterocycles. The smallest absolute Gasteiger partial charge is 0.0415 e. The van der Waals surface area contributed by atoms with E-state index in [0.717, 1.165) is 27.5 Å². The van der Waals surface area contributed by atoms with Crippen molar-refractivity contribution in [2.75, 3.05) is 11.5 Å². The number of hydrogen-bond acceptors (Lipinski definition) is 4. The molecule has 0 atom stereocenters. The summed E-state index contributed by atoms with van der Waals surface area (Å²) in [5.41, 5.74) is 16.5. The van der Waals surface area contributed by atoms with E-state index in [0.29, 0.717) is 17.1 Å². The van der Waals surface area contributed by atoms with Gasteiger partial charge in [0.05, 0.1) is 0 Å². The predicted octanol–water partition coefficient (Wildman–Crippen LogP) is 3.45. The normalized spacial score (nSPS) is 10.7. The van der Waals surface area contributed by atoms with E-state index in [1.165, 1.54) is 0 Å². The van der Waals surface area contributed by atoms with Crippen LogP contribution in [-0.2, 0) is 0 Å². The Bertz CT molecular complexity index is 853. The van der Waals surface area contributed by atoms with Crippen LogP contribution in [0.2, 0.25) is 0 Å². The van der Waals surface area contributed by atoms with Crippen molar-refractivity contribution in [2.45, 2.75) is 6.92 Å². The Morgan fingerprint density at radius 3 is 2.57 bits per heavy atom. The molecule has 0 amide bonds. The lowest BCUT2D eigenvalue weighted by Gasteiger charge is -2.10. The van der Waals surface area contributed by atoms with E-state index in [1.807, 2.05) is 30.3 Å². The highest BCUT2D eigenvalue weighted by Gasteiger charge is 2.07. The fourth-order valence-electron chi connectivity index (χ4n) is 2.45. The number of nitrogen functional groups attached to an aromatic ring is 2. The van der Waals surface area contributed by atoms with E-state index < -0.39 is 0 Å². The minimum atomic E-state index is 0.451. The second-order valence-corrected chi connectivity index (χ2v) is 5.09. The van der Waals surface area contributed by atoms with Crippen LogP contribution in [0.4, 0.5) is 11.4 Å². The highest BCUT2D eigenvalue weighted by molar-refractivity contribution is 6.02. The third-order valence-corrected chi connectivity index (χ3v) is 3.58. The van der Waals surface area contributed by atoms with Gasteiger partial charge in [-0.2, -0.15) is 0 Å². The van der Waals surface area contributed by atoms with Crippen molar-refractivity contribution in [2.24, 2.45) is 0 Å². The van der Waals surface area contributed by atoms with Crippen molar-refractivity contribution in [3.63, 3.8) is 0 Å². The molecule has 0 saturated carbocycles. The van der Waals surface area contributed by atoms with Crippen LogP contribution < -0.4 is 11.5 Å². The lowest BCUT2D eigenvalue weighted by Crippen LogP contribution is -2.00. The molecule has 3 rings (SSSR count). The quantitative estimate of drug-likeness (QED) is 0.494. The van der Waals surface area contributed by atoms with Gasteiger partial charge in [0, 0.05) is 40.4 Å². The molecule has 2 aromatic carbocycles. The van der Waals surface area contributed by atoms with Gasteiger partial charge in [0.15, 0.2) is 0 Å². The summed E-state index contributed by atoms with van der Waals surface area (Å²) in [6.07, 6.45) is 3.52. The molecule has 21 heavy (non-hydrogen) atoms. The first-order valence-electron chi connectivity index (χ1n) is 6.65. The number of rotatable bonds is 2. The van der Waals surface area contributed by atoms with Crippen LogP contribution in [0.3, 0.4) is 0 Å². The fourth-order valence-corrected chi connectivity index (χ4v) is 2.45. The summed E-state index contributed by atoms with van der Waals surface area (Å²) in [7, 11) is 0. The summed E-state index contributed by atoms with van der Waals surface area (Å²) in [6.45, 7) is 1.73. The zero-order valence-corrected chi connectivity index (χ0v) is 11.7. The lowest BCUT2D eigenvalue weighted by molar-refractivity contribution is 1.36. The number of hydrogen-bond donors (Lipinski definition) is 3. The topological polar surface area (TPSA) is 88.8 Å². The first kappa shape index (κ1) is 13.1. The molecular formula is C17H16N4. The molecule has 0 aliphatic rings. The monoisotopic (exact) mass is 276 g/mol. The molecule has 4 nitrogen and oxygen atoms in total. The minimum absolute atomic E-state index is 0.451. The minimum Gasteiger partial charge on any atom is -0.398 e. The molecule has 0 aliphatic carbocycles. The Balaban J connectivity index is 2.21. The highest BCUT2D eigenvalue weighted by atomic mass is 14.6. The Morgan fingerprint density at radius 2 is 1.81 bits per heavy atom. The summed E-state index contributed by atoms with van der Waals surface area (Å²) in [5, 5.41) is 9.79. The van der Waals surface area contributed by atoms with Gasteiger partial charge in [-0.15, -0.1) is 0 Å². The maximum Gasteiger partial charge on any atom is 0.0415 e. The Morgan fingerprint density at radius 1 is 1.00 bits per heavy atom. The number of nitrogens with two attached hydrogens (primary N) is 2. The molecule has 4 heteroatoms. The van der Waals surface area contributed by atoms with Gasteiger partial charge in [-0.1, -0.05) is 6.07 Å². The summed E-state index contributed by atoms with van der Waals surface area (Å²) >= 11 is 0. The predicted molar refractivity (Wildman–Crippen MR) is 88.5 cm³/mol. The second kappa shape index (κ2) is 4.90. The molecule has 0 aliphatic heterocycles. The van der Waals surface area contributed by atoms with Crippen LogP contribution in [0.1, 0.15) is 12.5 Å². The van der Waals surface area contributed by atoms with Gasteiger partial charge in [0.1, 0.15) is 0 Å². The largest absolute Gasteiger partial charge is 0.398 e. The van der Waals surface area contributed by atoms with Gasteiger partial charge in [0.2, 0.25) is 0 Å². The molecule has 0 unspecified atom stereocenters. The Kier molecular flexibility index (Phi) is 3.06. The number of fused-ring (bicyclic) bond motifs is 1. The van der Waals surface area contributed by atoms with Crippen molar-refractivity contribution in [1.29, 1.82) is 5.41 Å².